The monoisotopic (exact) mass is 314 g/mol. The van der Waals surface area contributed by atoms with E-state index in [1.807, 2.05) is 18.3 Å². The molecule has 0 unspecified atom stereocenters. The second kappa shape index (κ2) is 5.78. The van der Waals surface area contributed by atoms with Crippen LogP contribution in [0.2, 0.25) is 0 Å². The van der Waals surface area contributed by atoms with Gasteiger partial charge in [-0.3, -0.25) is 4.79 Å². The average Bonchev–Trinajstić information content (AvgIpc) is 2.48. The third-order valence-corrected chi connectivity index (χ3v) is 5.85. The van der Waals surface area contributed by atoms with Crippen molar-refractivity contribution in [2.75, 3.05) is 17.2 Å². The first kappa shape index (κ1) is 14.9. The van der Waals surface area contributed by atoms with Crippen molar-refractivity contribution in [2.45, 2.75) is 50.5 Å². The summed E-state index contributed by atoms with van der Waals surface area (Å²) in [5, 5.41) is 6.57. The summed E-state index contributed by atoms with van der Waals surface area (Å²) in [6.45, 7) is 0.359. The van der Waals surface area contributed by atoms with E-state index in [2.05, 4.69) is 15.6 Å². The Labute approximate surface area is 137 Å². The highest BCUT2D eigenvalue weighted by Crippen LogP contribution is 2.56. The number of nitrogens with zero attached hydrogens (tertiary/aromatic N) is 1. The van der Waals surface area contributed by atoms with Gasteiger partial charge in [0.2, 0.25) is 5.91 Å². The molecule has 124 valence electrons. The number of rotatable bonds is 5. The van der Waals surface area contributed by atoms with Gasteiger partial charge in [0.1, 0.15) is 5.82 Å². The summed E-state index contributed by atoms with van der Waals surface area (Å²) in [7, 11) is 0. The van der Waals surface area contributed by atoms with Crippen molar-refractivity contribution >= 4 is 17.4 Å². The maximum atomic E-state index is 11.5. The van der Waals surface area contributed by atoms with Crippen LogP contribution in [0.15, 0.2) is 18.3 Å². The standard InChI is InChI=1S/C18H26N4O/c19-4-3-17(23)21-16-2-1-15(11-20-16)22-18-8-12-5-13(9-18)7-14(6-12)10-18/h1-2,11-14,22H,3-10,19H2,(H,20,21,23). The number of pyridine rings is 1. The Morgan fingerprint density at radius 2 is 1.83 bits per heavy atom. The topological polar surface area (TPSA) is 80.0 Å². The van der Waals surface area contributed by atoms with Crippen LogP contribution in [0.4, 0.5) is 11.5 Å². The zero-order valence-electron chi connectivity index (χ0n) is 13.6. The van der Waals surface area contributed by atoms with Crippen LogP contribution in [0.3, 0.4) is 0 Å². The number of anilines is 2. The third kappa shape index (κ3) is 3.07. The SMILES string of the molecule is NCCC(=O)Nc1ccc(NC23CC4CC(CC(C4)C2)C3)cn1. The maximum Gasteiger partial charge on any atom is 0.226 e. The molecule has 4 saturated carbocycles. The zero-order chi connectivity index (χ0) is 15.9. The molecule has 0 saturated heterocycles. The Morgan fingerprint density at radius 3 is 2.35 bits per heavy atom. The second-order valence-corrected chi connectivity index (χ2v) is 7.84. The Kier molecular flexibility index (Phi) is 3.76. The molecule has 0 radical (unpaired) electrons. The summed E-state index contributed by atoms with van der Waals surface area (Å²) in [6.07, 6.45) is 10.5. The molecule has 4 fully saturated rings. The minimum atomic E-state index is -0.0817. The van der Waals surface area contributed by atoms with E-state index in [0.717, 1.165) is 23.4 Å². The maximum absolute atomic E-state index is 11.5. The number of carbonyl (C=O) groups is 1. The van der Waals surface area contributed by atoms with Gasteiger partial charge in [-0.05, 0) is 68.4 Å². The normalized spacial score (nSPS) is 34.4. The molecule has 1 heterocycles. The Balaban J connectivity index is 1.42. The highest BCUT2D eigenvalue weighted by molar-refractivity contribution is 5.89. The first-order chi connectivity index (χ1) is 11.1. The molecule has 5 rings (SSSR count). The lowest BCUT2D eigenvalue weighted by molar-refractivity contribution is -0.116. The smallest absolute Gasteiger partial charge is 0.226 e. The van der Waals surface area contributed by atoms with Crippen molar-refractivity contribution < 1.29 is 4.79 Å². The van der Waals surface area contributed by atoms with E-state index in [1.54, 1.807) is 0 Å². The van der Waals surface area contributed by atoms with Crippen LogP contribution in [-0.4, -0.2) is 23.0 Å². The molecular formula is C18H26N4O. The zero-order valence-corrected chi connectivity index (χ0v) is 13.6. The van der Waals surface area contributed by atoms with Crippen LogP contribution in [0, 0.1) is 17.8 Å². The lowest BCUT2D eigenvalue weighted by atomic mass is 9.53. The molecule has 4 aliphatic rings. The fourth-order valence-corrected chi connectivity index (χ4v) is 5.45. The predicted octanol–water partition coefficient (Wildman–Crippen LogP) is 2.75. The minimum absolute atomic E-state index is 0.0817. The summed E-state index contributed by atoms with van der Waals surface area (Å²) in [4.78, 5) is 15.9. The molecule has 23 heavy (non-hydrogen) atoms. The fraction of sp³-hybridized carbons (Fsp3) is 0.667. The van der Waals surface area contributed by atoms with Crippen molar-refractivity contribution in [2.24, 2.45) is 23.5 Å². The number of aromatic nitrogens is 1. The molecule has 4 N–H and O–H groups in total. The van der Waals surface area contributed by atoms with E-state index in [0.29, 0.717) is 24.3 Å². The average molecular weight is 314 g/mol. The van der Waals surface area contributed by atoms with Crippen molar-refractivity contribution in [1.82, 2.24) is 4.98 Å². The molecule has 4 bridgehead atoms. The van der Waals surface area contributed by atoms with Gasteiger partial charge < -0.3 is 16.4 Å². The molecule has 1 amide bonds. The van der Waals surface area contributed by atoms with E-state index < -0.39 is 0 Å². The molecule has 4 aliphatic carbocycles. The molecule has 5 nitrogen and oxygen atoms in total. The van der Waals surface area contributed by atoms with Gasteiger partial charge in [-0.25, -0.2) is 4.98 Å². The second-order valence-electron chi connectivity index (χ2n) is 7.84. The number of hydrogen-bond donors (Lipinski definition) is 3. The molecule has 1 aromatic heterocycles. The summed E-state index contributed by atoms with van der Waals surface area (Å²) < 4.78 is 0. The molecule has 0 aliphatic heterocycles. The van der Waals surface area contributed by atoms with Crippen LogP contribution in [0.1, 0.15) is 44.9 Å². The van der Waals surface area contributed by atoms with Crippen LogP contribution in [0.25, 0.3) is 0 Å². The van der Waals surface area contributed by atoms with Crippen molar-refractivity contribution in [3.05, 3.63) is 18.3 Å². The minimum Gasteiger partial charge on any atom is -0.378 e. The van der Waals surface area contributed by atoms with E-state index in [-0.39, 0.29) is 5.91 Å². The van der Waals surface area contributed by atoms with Crippen LogP contribution >= 0.6 is 0 Å². The largest absolute Gasteiger partial charge is 0.378 e. The first-order valence-electron chi connectivity index (χ1n) is 8.88. The quantitative estimate of drug-likeness (QED) is 0.780. The van der Waals surface area contributed by atoms with Crippen LogP contribution in [0.5, 0.6) is 0 Å². The first-order valence-corrected chi connectivity index (χ1v) is 8.88. The van der Waals surface area contributed by atoms with Gasteiger partial charge >= 0.3 is 0 Å². The van der Waals surface area contributed by atoms with Crippen molar-refractivity contribution in [3.63, 3.8) is 0 Å². The summed E-state index contributed by atoms with van der Waals surface area (Å²) in [5.74, 6) is 3.30. The van der Waals surface area contributed by atoms with E-state index in [4.69, 9.17) is 5.73 Å². The lowest BCUT2D eigenvalue weighted by Gasteiger charge is -2.57. The van der Waals surface area contributed by atoms with Crippen LogP contribution in [-0.2, 0) is 4.79 Å². The van der Waals surface area contributed by atoms with Crippen molar-refractivity contribution in [1.29, 1.82) is 0 Å². The molecule has 0 atom stereocenters. The summed E-state index contributed by atoms with van der Waals surface area (Å²) >= 11 is 0. The molecule has 0 spiro atoms. The van der Waals surface area contributed by atoms with Gasteiger partial charge in [0, 0.05) is 18.5 Å². The molecule has 0 aromatic carbocycles. The van der Waals surface area contributed by atoms with E-state index in [9.17, 15) is 4.79 Å². The predicted molar refractivity (Wildman–Crippen MR) is 91.1 cm³/mol. The highest BCUT2D eigenvalue weighted by atomic mass is 16.1. The van der Waals surface area contributed by atoms with Gasteiger partial charge in [-0.1, -0.05) is 0 Å². The van der Waals surface area contributed by atoms with Crippen molar-refractivity contribution in [3.8, 4) is 0 Å². The fourth-order valence-electron chi connectivity index (χ4n) is 5.45. The summed E-state index contributed by atoms with van der Waals surface area (Å²) in [6, 6.07) is 3.90. The Hall–Kier alpha value is -1.62. The van der Waals surface area contributed by atoms with E-state index >= 15 is 0 Å². The summed E-state index contributed by atoms with van der Waals surface area (Å²) in [5.41, 5.74) is 6.75. The van der Waals surface area contributed by atoms with Gasteiger partial charge in [0.15, 0.2) is 0 Å². The van der Waals surface area contributed by atoms with E-state index in [1.165, 1.54) is 38.5 Å². The number of amides is 1. The Morgan fingerprint density at radius 1 is 1.17 bits per heavy atom. The lowest BCUT2D eigenvalue weighted by Crippen LogP contribution is -2.54. The number of carbonyl (C=O) groups excluding carboxylic acids is 1. The molecule has 1 aromatic rings. The molecule has 5 heteroatoms. The Bertz CT molecular complexity index is 548. The number of nitrogens with one attached hydrogen (secondary N) is 2. The number of nitrogens with two attached hydrogens (primary N) is 1. The molecular weight excluding hydrogens is 288 g/mol. The van der Waals surface area contributed by atoms with Gasteiger partial charge in [0.25, 0.3) is 0 Å². The van der Waals surface area contributed by atoms with Crippen LogP contribution < -0.4 is 16.4 Å². The van der Waals surface area contributed by atoms with Gasteiger partial charge in [-0.2, -0.15) is 0 Å². The highest BCUT2D eigenvalue weighted by Gasteiger charge is 2.50. The van der Waals surface area contributed by atoms with Gasteiger partial charge in [-0.15, -0.1) is 0 Å². The van der Waals surface area contributed by atoms with Gasteiger partial charge in [0.05, 0.1) is 11.9 Å². The third-order valence-electron chi connectivity index (χ3n) is 5.85. The number of hydrogen-bond acceptors (Lipinski definition) is 4.